The smallest absolute Gasteiger partial charge is 0.416 e. The minimum absolute atomic E-state index is 0.0320. The van der Waals surface area contributed by atoms with Crippen molar-refractivity contribution in [1.29, 1.82) is 5.26 Å². The lowest BCUT2D eigenvalue weighted by molar-refractivity contribution is -0.137. The van der Waals surface area contributed by atoms with Gasteiger partial charge in [0.15, 0.2) is 11.5 Å². The number of nitriles is 1. The van der Waals surface area contributed by atoms with Gasteiger partial charge < -0.3 is 15.1 Å². The molecule has 0 amide bonds. The molecule has 2 aromatic rings. The summed E-state index contributed by atoms with van der Waals surface area (Å²) in [6.07, 6.45) is -2.08. The third-order valence-electron chi connectivity index (χ3n) is 3.30. The summed E-state index contributed by atoms with van der Waals surface area (Å²) in [5, 5.41) is 15.4. The topological polar surface area (TPSA) is 112 Å². The third-order valence-corrected chi connectivity index (χ3v) is 4.87. The monoisotopic (exact) mass is 453 g/mol. The largest absolute Gasteiger partial charge is 0.611 e. The summed E-state index contributed by atoms with van der Waals surface area (Å²) in [7, 11) is 0. The second-order valence-electron chi connectivity index (χ2n) is 5.23. The molecule has 0 aliphatic carbocycles. The summed E-state index contributed by atoms with van der Waals surface area (Å²) < 4.78 is 51.7. The van der Waals surface area contributed by atoms with Crippen LogP contribution in [-0.2, 0) is 22.2 Å². The number of hydrogen-bond donors (Lipinski definition) is 1. The highest BCUT2D eigenvalue weighted by molar-refractivity contribution is 7.91. The zero-order valence-corrected chi connectivity index (χ0v) is 16.5. The van der Waals surface area contributed by atoms with Crippen LogP contribution in [0, 0.1) is 11.3 Å². The van der Waals surface area contributed by atoms with Gasteiger partial charge in [0.25, 0.3) is 0 Å². The summed E-state index contributed by atoms with van der Waals surface area (Å²) in [4.78, 5) is 4.92. The number of aromatic nitrogens is 2. The molecule has 1 aromatic heterocycles. The predicted octanol–water partition coefficient (Wildman–Crippen LogP) is 3.78. The molecule has 7 nitrogen and oxygen atoms in total. The number of nitrogens with two attached hydrogens (primary N) is 1. The van der Waals surface area contributed by atoms with Gasteiger partial charge in [-0.15, -0.1) is 0 Å². The molecule has 0 saturated carbocycles. The second-order valence-corrected chi connectivity index (χ2v) is 7.36. The average molecular weight is 454 g/mol. The quantitative estimate of drug-likeness (QED) is 0.309. The molecule has 2 N–H and O–H groups in total. The molecule has 1 aromatic carbocycles. The molecule has 1 atom stereocenters. The third kappa shape index (κ3) is 4.82. The van der Waals surface area contributed by atoms with Crippen LogP contribution in [0.15, 0.2) is 22.2 Å². The lowest BCUT2D eigenvalue weighted by Crippen LogP contribution is -2.09. The van der Waals surface area contributed by atoms with Crippen molar-refractivity contribution in [1.82, 2.24) is 9.78 Å². The fraction of sp³-hybridized carbons (Fsp3) is 0.267. The van der Waals surface area contributed by atoms with Gasteiger partial charge in [-0.1, -0.05) is 28.4 Å². The van der Waals surface area contributed by atoms with Crippen LogP contribution >= 0.6 is 23.2 Å². The first-order valence-electron chi connectivity index (χ1n) is 7.38. The van der Waals surface area contributed by atoms with Crippen LogP contribution in [0.1, 0.15) is 17.7 Å². The van der Waals surface area contributed by atoms with Crippen LogP contribution in [0.25, 0.3) is 5.69 Å². The lowest BCUT2D eigenvalue weighted by atomic mass is 10.2. The van der Waals surface area contributed by atoms with Crippen molar-refractivity contribution >= 4 is 46.4 Å². The van der Waals surface area contributed by atoms with E-state index in [-0.39, 0.29) is 45.2 Å². The first kappa shape index (κ1) is 22.2. The highest BCUT2D eigenvalue weighted by Crippen LogP contribution is 2.39. The van der Waals surface area contributed by atoms with E-state index < -0.39 is 22.9 Å². The minimum Gasteiger partial charge on any atom is -0.611 e. The van der Waals surface area contributed by atoms with E-state index in [1.807, 2.05) is 6.07 Å². The fourth-order valence-corrected chi connectivity index (χ4v) is 3.56. The van der Waals surface area contributed by atoms with E-state index in [1.54, 1.807) is 0 Å². The number of nitrogens with zero attached hydrogens (tertiary/aromatic N) is 4. The first-order chi connectivity index (χ1) is 13.1. The van der Waals surface area contributed by atoms with Gasteiger partial charge in [0.1, 0.15) is 18.6 Å². The molecule has 0 fully saturated rings. The molecule has 1 unspecified atom stereocenters. The predicted molar refractivity (Wildman–Crippen MR) is 99.1 cm³/mol. The molecular weight excluding hydrogens is 442 g/mol. The number of benzene rings is 1. The summed E-state index contributed by atoms with van der Waals surface area (Å²) >= 11 is 10.3. The van der Waals surface area contributed by atoms with E-state index in [0.29, 0.717) is 12.1 Å². The molecule has 0 radical (unpaired) electrons. The molecule has 0 aliphatic heterocycles. The molecule has 150 valence electrons. The Morgan fingerprint density at radius 3 is 2.54 bits per heavy atom. The van der Waals surface area contributed by atoms with Crippen LogP contribution in [0.5, 0.6) is 0 Å². The Bertz CT molecular complexity index is 918. The molecule has 28 heavy (non-hydrogen) atoms. The van der Waals surface area contributed by atoms with E-state index in [4.69, 9.17) is 39.0 Å². The summed E-state index contributed by atoms with van der Waals surface area (Å²) in [6, 6.07) is 3.23. The molecule has 1 heterocycles. The Morgan fingerprint density at radius 2 is 2.04 bits per heavy atom. The number of hydrogen-bond acceptors (Lipinski definition) is 6. The summed E-state index contributed by atoms with van der Waals surface area (Å²) in [6.45, 7) is 0.0320. The van der Waals surface area contributed by atoms with Crippen LogP contribution in [0.3, 0.4) is 0 Å². The summed E-state index contributed by atoms with van der Waals surface area (Å²) in [5.74, 6) is -0.136. The number of alkyl halides is 3. The van der Waals surface area contributed by atoms with Crippen LogP contribution < -0.4 is 5.73 Å². The van der Waals surface area contributed by atoms with Crippen molar-refractivity contribution < 1.29 is 22.6 Å². The number of anilines is 1. The van der Waals surface area contributed by atoms with Gasteiger partial charge in [-0.2, -0.15) is 23.5 Å². The standard InChI is InChI=1S/C15H12Cl2F3N5O2S/c1-28(26)13-11(7-23-27-4-2-3-21)24-25(14(13)22)12-9(16)5-8(6-10(12)17)15(18,19)20/h5-7H,2,4,22H2,1H3. The van der Waals surface area contributed by atoms with Gasteiger partial charge in [0.2, 0.25) is 4.90 Å². The maximum absolute atomic E-state index is 12.9. The summed E-state index contributed by atoms with van der Waals surface area (Å²) in [5.41, 5.74) is 4.87. The highest BCUT2D eigenvalue weighted by Gasteiger charge is 2.33. The van der Waals surface area contributed by atoms with Crippen molar-refractivity contribution in [2.45, 2.75) is 17.5 Å². The van der Waals surface area contributed by atoms with Crippen molar-refractivity contribution in [2.75, 3.05) is 18.6 Å². The van der Waals surface area contributed by atoms with Gasteiger partial charge in [-0.05, 0) is 23.3 Å². The molecule has 13 heteroatoms. The van der Waals surface area contributed by atoms with E-state index in [2.05, 4.69) is 10.3 Å². The van der Waals surface area contributed by atoms with E-state index >= 15 is 0 Å². The normalized spacial score (nSPS) is 12.9. The number of oxime groups is 1. The van der Waals surface area contributed by atoms with Gasteiger partial charge >= 0.3 is 6.18 Å². The highest BCUT2D eigenvalue weighted by atomic mass is 35.5. The van der Waals surface area contributed by atoms with Crippen LogP contribution in [-0.4, -0.2) is 33.4 Å². The zero-order chi connectivity index (χ0) is 21.1. The van der Waals surface area contributed by atoms with Crippen molar-refractivity contribution in [2.24, 2.45) is 5.16 Å². The SMILES string of the molecule is C[S+]([O-])c1c(C=NOCCC#N)nn(-c2c(Cl)cc(C(F)(F)F)cc2Cl)c1N. The van der Waals surface area contributed by atoms with Crippen molar-refractivity contribution in [3.63, 3.8) is 0 Å². The number of halogens is 5. The Labute approximate surface area is 170 Å². The Morgan fingerprint density at radius 1 is 1.43 bits per heavy atom. The van der Waals surface area contributed by atoms with Crippen molar-refractivity contribution in [3.8, 4) is 11.8 Å². The van der Waals surface area contributed by atoms with E-state index in [1.165, 1.54) is 6.26 Å². The molecular formula is C15H12Cl2F3N5O2S. The fourth-order valence-electron chi connectivity index (χ4n) is 2.15. The first-order valence-corrected chi connectivity index (χ1v) is 9.70. The van der Waals surface area contributed by atoms with Gasteiger partial charge in [-0.25, -0.2) is 4.68 Å². The van der Waals surface area contributed by atoms with Crippen LogP contribution in [0.4, 0.5) is 19.0 Å². The van der Waals surface area contributed by atoms with E-state index in [0.717, 1.165) is 10.9 Å². The number of rotatable bonds is 6. The molecule has 0 bridgehead atoms. The maximum atomic E-state index is 12.9. The van der Waals surface area contributed by atoms with Gasteiger partial charge in [0, 0.05) is 0 Å². The number of nitrogen functional groups attached to an aromatic ring is 1. The van der Waals surface area contributed by atoms with Gasteiger partial charge in [-0.3, -0.25) is 0 Å². The minimum atomic E-state index is -4.64. The van der Waals surface area contributed by atoms with Crippen LogP contribution in [0.2, 0.25) is 10.0 Å². The zero-order valence-electron chi connectivity index (χ0n) is 14.1. The average Bonchev–Trinajstić information content (AvgIpc) is 2.89. The van der Waals surface area contributed by atoms with E-state index in [9.17, 15) is 17.7 Å². The van der Waals surface area contributed by atoms with Crippen molar-refractivity contribution in [3.05, 3.63) is 33.4 Å². The molecule has 2 rings (SSSR count). The Kier molecular flexibility index (Phi) is 7.06. The molecule has 0 spiro atoms. The Hall–Kier alpha value is -2.13. The van der Waals surface area contributed by atoms with Gasteiger partial charge in [0.05, 0.1) is 34.3 Å². The molecule has 0 saturated heterocycles. The Balaban J connectivity index is 2.53. The molecule has 0 aliphatic rings. The maximum Gasteiger partial charge on any atom is 0.416 e. The lowest BCUT2D eigenvalue weighted by Gasteiger charge is -2.13. The second kappa shape index (κ2) is 8.91.